The minimum Gasteiger partial charge on any atom is -0.439 e. The van der Waals surface area contributed by atoms with Gasteiger partial charge in [-0.1, -0.05) is 24.6 Å². The molecule has 0 radical (unpaired) electrons. The first-order valence-corrected chi connectivity index (χ1v) is 7.10. The van der Waals surface area contributed by atoms with Crippen LogP contribution >= 0.6 is 11.6 Å². The lowest BCUT2D eigenvalue weighted by Crippen LogP contribution is -2.21. The molecule has 20 heavy (non-hydrogen) atoms. The van der Waals surface area contributed by atoms with Gasteiger partial charge >= 0.3 is 0 Å². The largest absolute Gasteiger partial charge is 0.439 e. The average molecular weight is 291 g/mol. The SMILES string of the molecule is CCC(N)Cc1ccc(Oc2ccc(Cl)cc2C)nc1. The van der Waals surface area contributed by atoms with Crippen LogP contribution in [-0.4, -0.2) is 11.0 Å². The maximum atomic E-state index is 5.93. The van der Waals surface area contributed by atoms with E-state index in [1.165, 1.54) is 0 Å². The molecule has 2 rings (SSSR count). The molecule has 0 spiro atoms. The molecule has 0 aliphatic rings. The monoisotopic (exact) mass is 290 g/mol. The summed E-state index contributed by atoms with van der Waals surface area (Å²) >= 11 is 5.92. The Kier molecular flexibility index (Phi) is 4.99. The van der Waals surface area contributed by atoms with Gasteiger partial charge in [-0.3, -0.25) is 0 Å². The van der Waals surface area contributed by atoms with Crippen LogP contribution in [0, 0.1) is 6.92 Å². The van der Waals surface area contributed by atoms with Crippen LogP contribution in [0.25, 0.3) is 0 Å². The number of rotatable bonds is 5. The molecule has 2 aromatic rings. The van der Waals surface area contributed by atoms with Crippen molar-refractivity contribution in [3.63, 3.8) is 0 Å². The van der Waals surface area contributed by atoms with Crippen molar-refractivity contribution in [2.75, 3.05) is 0 Å². The van der Waals surface area contributed by atoms with E-state index >= 15 is 0 Å². The maximum absolute atomic E-state index is 5.93. The summed E-state index contributed by atoms with van der Waals surface area (Å²) in [5.41, 5.74) is 8.04. The van der Waals surface area contributed by atoms with Gasteiger partial charge in [0.25, 0.3) is 0 Å². The van der Waals surface area contributed by atoms with Crippen molar-refractivity contribution in [1.82, 2.24) is 4.98 Å². The Morgan fingerprint density at radius 1 is 1.30 bits per heavy atom. The Morgan fingerprint density at radius 2 is 2.10 bits per heavy atom. The van der Waals surface area contributed by atoms with Gasteiger partial charge in [-0.25, -0.2) is 4.98 Å². The Hall–Kier alpha value is -1.58. The van der Waals surface area contributed by atoms with Gasteiger partial charge in [0.15, 0.2) is 0 Å². The van der Waals surface area contributed by atoms with Gasteiger partial charge in [0, 0.05) is 23.3 Å². The smallest absolute Gasteiger partial charge is 0.219 e. The van der Waals surface area contributed by atoms with Crippen LogP contribution in [0.1, 0.15) is 24.5 Å². The summed E-state index contributed by atoms with van der Waals surface area (Å²) in [6, 6.07) is 9.57. The third kappa shape index (κ3) is 3.95. The van der Waals surface area contributed by atoms with Crippen molar-refractivity contribution < 1.29 is 4.74 Å². The van der Waals surface area contributed by atoms with Crippen molar-refractivity contribution in [2.24, 2.45) is 5.73 Å². The first kappa shape index (κ1) is 14.8. The fourth-order valence-electron chi connectivity index (χ4n) is 1.88. The summed E-state index contributed by atoms with van der Waals surface area (Å²) in [4.78, 5) is 4.31. The van der Waals surface area contributed by atoms with Gasteiger partial charge in [-0.2, -0.15) is 0 Å². The molecule has 0 bridgehead atoms. The molecule has 0 aliphatic heterocycles. The molecule has 3 nitrogen and oxygen atoms in total. The molecule has 0 aliphatic carbocycles. The number of aromatic nitrogens is 1. The number of nitrogens with two attached hydrogens (primary N) is 1. The molecular formula is C16H19ClN2O. The molecule has 0 amide bonds. The summed E-state index contributed by atoms with van der Waals surface area (Å²) < 4.78 is 5.75. The summed E-state index contributed by atoms with van der Waals surface area (Å²) in [6.45, 7) is 4.04. The van der Waals surface area contributed by atoms with Gasteiger partial charge in [0.2, 0.25) is 5.88 Å². The van der Waals surface area contributed by atoms with Crippen molar-refractivity contribution in [3.8, 4) is 11.6 Å². The molecule has 0 fully saturated rings. The first-order chi connectivity index (χ1) is 9.58. The summed E-state index contributed by atoms with van der Waals surface area (Å²) in [6.07, 6.45) is 3.61. The second-order valence-corrected chi connectivity index (χ2v) is 5.33. The predicted octanol–water partition coefficient (Wildman–Crippen LogP) is 4.12. The van der Waals surface area contributed by atoms with E-state index in [4.69, 9.17) is 22.1 Å². The quantitative estimate of drug-likeness (QED) is 0.901. The second kappa shape index (κ2) is 6.73. The van der Waals surface area contributed by atoms with Crippen LogP contribution in [0.2, 0.25) is 5.02 Å². The van der Waals surface area contributed by atoms with Gasteiger partial charge < -0.3 is 10.5 Å². The molecular weight excluding hydrogens is 272 g/mol. The molecule has 106 valence electrons. The van der Waals surface area contributed by atoms with Crippen molar-refractivity contribution in [2.45, 2.75) is 32.7 Å². The highest BCUT2D eigenvalue weighted by Gasteiger charge is 2.05. The summed E-state index contributed by atoms with van der Waals surface area (Å²) in [5, 5.41) is 0.701. The van der Waals surface area contributed by atoms with Crippen molar-refractivity contribution >= 4 is 11.6 Å². The third-order valence-corrected chi connectivity index (χ3v) is 3.41. The number of halogens is 1. The molecule has 1 atom stereocenters. The zero-order valence-corrected chi connectivity index (χ0v) is 12.5. The fraction of sp³-hybridized carbons (Fsp3) is 0.312. The number of pyridine rings is 1. The zero-order valence-electron chi connectivity index (χ0n) is 11.8. The maximum Gasteiger partial charge on any atom is 0.219 e. The number of aryl methyl sites for hydroxylation is 1. The minimum absolute atomic E-state index is 0.182. The number of hydrogen-bond acceptors (Lipinski definition) is 3. The van der Waals surface area contributed by atoms with Crippen LogP contribution in [0.3, 0.4) is 0 Å². The van der Waals surface area contributed by atoms with E-state index in [1.54, 1.807) is 6.07 Å². The molecule has 2 N–H and O–H groups in total. The number of ether oxygens (including phenoxy) is 1. The number of nitrogens with zero attached hydrogens (tertiary/aromatic N) is 1. The van der Waals surface area contributed by atoms with Crippen LogP contribution < -0.4 is 10.5 Å². The lowest BCUT2D eigenvalue weighted by Gasteiger charge is -2.10. The summed E-state index contributed by atoms with van der Waals surface area (Å²) in [7, 11) is 0. The van der Waals surface area contributed by atoms with Crippen molar-refractivity contribution in [3.05, 3.63) is 52.7 Å². The molecule has 4 heteroatoms. The average Bonchev–Trinajstić information content (AvgIpc) is 2.44. The molecule has 1 unspecified atom stereocenters. The molecule has 0 saturated heterocycles. The number of hydrogen-bond donors (Lipinski definition) is 1. The Labute approximate surface area is 124 Å². The lowest BCUT2D eigenvalue weighted by molar-refractivity contribution is 0.459. The van der Waals surface area contributed by atoms with Crippen LogP contribution in [0.5, 0.6) is 11.6 Å². The zero-order chi connectivity index (χ0) is 14.5. The normalized spacial score (nSPS) is 12.2. The Bertz CT molecular complexity index is 569. The fourth-order valence-corrected chi connectivity index (χ4v) is 2.11. The summed E-state index contributed by atoms with van der Waals surface area (Å²) in [5.74, 6) is 1.34. The molecule has 1 aromatic carbocycles. The topological polar surface area (TPSA) is 48.1 Å². The third-order valence-electron chi connectivity index (χ3n) is 3.17. The highest BCUT2D eigenvalue weighted by atomic mass is 35.5. The predicted molar refractivity (Wildman–Crippen MR) is 82.5 cm³/mol. The van der Waals surface area contributed by atoms with E-state index in [0.717, 1.165) is 29.7 Å². The van der Waals surface area contributed by atoms with E-state index in [9.17, 15) is 0 Å². The molecule has 1 aromatic heterocycles. The second-order valence-electron chi connectivity index (χ2n) is 4.89. The van der Waals surface area contributed by atoms with E-state index in [0.29, 0.717) is 10.9 Å². The van der Waals surface area contributed by atoms with Crippen LogP contribution in [-0.2, 0) is 6.42 Å². The standard InChI is InChI=1S/C16H19ClN2O/c1-3-14(18)9-12-4-7-16(19-10-12)20-15-6-5-13(17)8-11(15)2/h4-8,10,14H,3,9,18H2,1-2H3. The molecule has 0 saturated carbocycles. The van der Waals surface area contributed by atoms with Gasteiger partial charge in [0.05, 0.1) is 0 Å². The number of benzene rings is 1. The van der Waals surface area contributed by atoms with E-state index in [2.05, 4.69) is 11.9 Å². The van der Waals surface area contributed by atoms with Crippen LogP contribution in [0.15, 0.2) is 36.5 Å². The lowest BCUT2D eigenvalue weighted by atomic mass is 10.1. The Morgan fingerprint density at radius 3 is 2.70 bits per heavy atom. The van der Waals surface area contributed by atoms with Gasteiger partial charge in [-0.15, -0.1) is 0 Å². The van der Waals surface area contributed by atoms with E-state index < -0.39 is 0 Å². The van der Waals surface area contributed by atoms with Crippen LogP contribution in [0.4, 0.5) is 0 Å². The van der Waals surface area contributed by atoms with Gasteiger partial charge in [0.1, 0.15) is 5.75 Å². The Balaban J connectivity index is 2.07. The highest BCUT2D eigenvalue weighted by Crippen LogP contribution is 2.26. The first-order valence-electron chi connectivity index (χ1n) is 6.73. The van der Waals surface area contributed by atoms with E-state index in [-0.39, 0.29) is 6.04 Å². The van der Waals surface area contributed by atoms with E-state index in [1.807, 2.05) is 37.4 Å². The van der Waals surface area contributed by atoms with Gasteiger partial charge in [-0.05, 0) is 49.1 Å². The van der Waals surface area contributed by atoms with Crippen molar-refractivity contribution in [1.29, 1.82) is 0 Å². The molecule has 1 heterocycles. The minimum atomic E-state index is 0.182. The highest BCUT2D eigenvalue weighted by molar-refractivity contribution is 6.30.